The number of hydrogen-bond donors (Lipinski definition) is 0. The summed E-state index contributed by atoms with van der Waals surface area (Å²) in [5.74, 6) is -0.359. The minimum atomic E-state index is -0.709. The maximum Gasteiger partial charge on any atom is 0.354 e. The first-order valence-corrected chi connectivity index (χ1v) is 5.69. The van der Waals surface area contributed by atoms with Crippen molar-refractivity contribution < 1.29 is 19.0 Å². The first-order chi connectivity index (χ1) is 8.10. The van der Waals surface area contributed by atoms with Crippen LogP contribution in [-0.4, -0.2) is 25.5 Å². The highest BCUT2D eigenvalue weighted by Gasteiger charge is 2.19. The lowest BCUT2D eigenvalue weighted by molar-refractivity contribution is -0.168. The van der Waals surface area contributed by atoms with Gasteiger partial charge in [0.1, 0.15) is 11.8 Å². The Kier molecular flexibility index (Phi) is 7.82. The van der Waals surface area contributed by atoms with Gasteiger partial charge in [-0.1, -0.05) is 6.92 Å². The molecule has 0 aromatic rings. The normalized spacial score (nSPS) is 13.4. The van der Waals surface area contributed by atoms with Crippen molar-refractivity contribution in [3.8, 4) is 6.07 Å². The fourth-order valence-electron chi connectivity index (χ4n) is 1.23. The van der Waals surface area contributed by atoms with E-state index in [4.69, 9.17) is 19.5 Å². The molecule has 0 heterocycles. The summed E-state index contributed by atoms with van der Waals surface area (Å²) in [7, 11) is 0. The molecule has 0 amide bonds. The zero-order valence-corrected chi connectivity index (χ0v) is 10.8. The van der Waals surface area contributed by atoms with Crippen molar-refractivity contribution in [2.45, 2.75) is 40.4 Å². The summed E-state index contributed by atoms with van der Waals surface area (Å²) in [6.07, 6.45) is -0.204. The van der Waals surface area contributed by atoms with E-state index in [0.29, 0.717) is 25.4 Å². The van der Waals surface area contributed by atoms with Crippen LogP contribution in [0.4, 0.5) is 0 Å². The van der Waals surface area contributed by atoms with Crippen LogP contribution in [0.5, 0.6) is 0 Å². The van der Waals surface area contributed by atoms with Gasteiger partial charge in [-0.2, -0.15) is 5.26 Å². The number of hydrogen-bond acceptors (Lipinski definition) is 5. The van der Waals surface area contributed by atoms with Crippen molar-refractivity contribution >= 4 is 5.97 Å². The minimum Gasteiger partial charge on any atom is -0.497 e. The molecule has 0 bridgehead atoms. The van der Waals surface area contributed by atoms with Crippen LogP contribution in [0.25, 0.3) is 0 Å². The molecule has 0 saturated heterocycles. The molecule has 0 N–H and O–H groups in total. The van der Waals surface area contributed by atoms with Crippen molar-refractivity contribution in [3.63, 3.8) is 0 Å². The SMILES string of the molecule is CCOC(CC)=C(C#N)C(=O)OC(C)OCC. The van der Waals surface area contributed by atoms with Crippen molar-refractivity contribution in [2.75, 3.05) is 13.2 Å². The smallest absolute Gasteiger partial charge is 0.354 e. The molecule has 1 unspecified atom stereocenters. The van der Waals surface area contributed by atoms with Crippen molar-refractivity contribution in [3.05, 3.63) is 11.3 Å². The molecule has 5 nitrogen and oxygen atoms in total. The second kappa shape index (κ2) is 8.59. The second-order valence-corrected chi connectivity index (χ2v) is 3.12. The molecule has 0 aromatic carbocycles. The van der Waals surface area contributed by atoms with Gasteiger partial charge in [0.25, 0.3) is 0 Å². The van der Waals surface area contributed by atoms with Crippen LogP contribution in [0.15, 0.2) is 11.3 Å². The van der Waals surface area contributed by atoms with Gasteiger partial charge in [-0.3, -0.25) is 0 Å². The van der Waals surface area contributed by atoms with Gasteiger partial charge in [0, 0.05) is 13.0 Å². The number of allylic oxidation sites excluding steroid dienone is 1. The first kappa shape index (κ1) is 15.5. The number of esters is 1. The summed E-state index contributed by atoms with van der Waals surface area (Å²) in [6, 6.07) is 1.81. The van der Waals surface area contributed by atoms with E-state index in [0.717, 1.165) is 0 Å². The Morgan fingerprint density at radius 3 is 2.35 bits per heavy atom. The molecule has 17 heavy (non-hydrogen) atoms. The fraction of sp³-hybridized carbons (Fsp3) is 0.667. The van der Waals surface area contributed by atoms with Crippen LogP contribution in [0, 0.1) is 11.3 Å². The van der Waals surface area contributed by atoms with Gasteiger partial charge < -0.3 is 14.2 Å². The monoisotopic (exact) mass is 241 g/mol. The average molecular weight is 241 g/mol. The molecule has 0 fully saturated rings. The number of carbonyl (C=O) groups is 1. The predicted molar refractivity (Wildman–Crippen MR) is 61.7 cm³/mol. The third kappa shape index (κ3) is 5.36. The highest BCUT2D eigenvalue weighted by molar-refractivity contribution is 5.93. The van der Waals surface area contributed by atoms with Gasteiger partial charge in [0.15, 0.2) is 5.57 Å². The summed E-state index contributed by atoms with van der Waals surface area (Å²) in [4.78, 5) is 11.7. The molecule has 0 aliphatic heterocycles. The van der Waals surface area contributed by atoms with Crippen molar-refractivity contribution in [1.82, 2.24) is 0 Å². The summed E-state index contributed by atoms with van der Waals surface area (Å²) in [5.41, 5.74) is -0.0964. The highest BCUT2D eigenvalue weighted by Crippen LogP contribution is 2.12. The van der Waals surface area contributed by atoms with Gasteiger partial charge in [0.05, 0.1) is 6.61 Å². The molecule has 0 radical (unpaired) electrons. The van der Waals surface area contributed by atoms with Gasteiger partial charge in [0.2, 0.25) is 6.29 Å². The van der Waals surface area contributed by atoms with E-state index in [1.54, 1.807) is 20.8 Å². The Balaban J connectivity index is 4.76. The molecular weight excluding hydrogens is 222 g/mol. The van der Waals surface area contributed by atoms with Crippen LogP contribution < -0.4 is 0 Å². The topological polar surface area (TPSA) is 68.5 Å². The Morgan fingerprint density at radius 2 is 1.94 bits per heavy atom. The van der Waals surface area contributed by atoms with Crippen LogP contribution in [-0.2, 0) is 19.0 Å². The quantitative estimate of drug-likeness (QED) is 0.224. The fourth-order valence-corrected chi connectivity index (χ4v) is 1.23. The summed E-state index contributed by atoms with van der Waals surface area (Å²) in [5, 5.41) is 8.94. The number of rotatable bonds is 7. The number of nitriles is 1. The Labute approximate surface area is 102 Å². The first-order valence-electron chi connectivity index (χ1n) is 5.69. The van der Waals surface area contributed by atoms with Gasteiger partial charge in [-0.15, -0.1) is 0 Å². The minimum absolute atomic E-state index is 0.0964. The van der Waals surface area contributed by atoms with Gasteiger partial charge in [-0.25, -0.2) is 4.79 Å². The molecule has 96 valence electrons. The van der Waals surface area contributed by atoms with Gasteiger partial charge >= 0.3 is 5.97 Å². The molecule has 0 rings (SSSR count). The zero-order valence-electron chi connectivity index (χ0n) is 10.8. The van der Waals surface area contributed by atoms with Crippen molar-refractivity contribution in [1.29, 1.82) is 5.26 Å². The summed E-state index contributed by atoms with van der Waals surface area (Å²) >= 11 is 0. The maximum atomic E-state index is 11.7. The molecule has 0 aromatic heterocycles. The Bertz CT molecular complexity index is 317. The molecule has 1 atom stereocenters. The maximum absolute atomic E-state index is 11.7. The molecule has 0 spiro atoms. The lowest BCUT2D eigenvalue weighted by atomic mass is 10.2. The largest absolute Gasteiger partial charge is 0.497 e. The van der Waals surface area contributed by atoms with Crippen LogP contribution >= 0.6 is 0 Å². The van der Waals surface area contributed by atoms with E-state index >= 15 is 0 Å². The van der Waals surface area contributed by atoms with E-state index < -0.39 is 12.3 Å². The van der Waals surface area contributed by atoms with Crippen molar-refractivity contribution in [2.24, 2.45) is 0 Å². The standard InChI is InChI=1S/C12H19NO4/c1-5-11(16-7-3)10(8-13)12(14)17-9(4)15-6-2/h9H,5-7H2,1-4H3. The lowest BCUT2D eigenvalue weighted by Crippen LogP contribution is -2.20. The van der Waals surface area contributed by atoms with E-state index in [1.165, 1.54) is 0 Å². The van der Waals surface area contributed by atoms with E-state index in [1.807, 2.05) is 13.0 Å². The lowest BCUT2D eigenvalue weighted by Gasteiger charge is -2.14. The number of nitrogens with zero attached hydrogens (tertiary/aromatic N) is 1. The Morgan fingerprint density at radius 1 is 1.29 bits per heavy atom. The summed E-state index contributed by atoms with van der Waals surface area (Å²) in [6.45, 7) is 7.83. The average Bonchev–Trinajstić information content (AvgIpc) is 2.28. The van der Waals surface area contributed by atoms with Gasteiger partial charge in [-0.05, 0) is 20.8 Å². The second-order valence-electron chi connectivity index (χ2n) is 3.12. The molecule has 0 aliphatic rings. The van der Waals surface area contributed by atoms with Crippen LogP contribution in [0.2, 0.25) is 0 Å². The molecule has 0 saturated carbocycles. The van der Waals surface area contributed by atoms with Crippen LogP contribution in [0.1, 0.15) is 34.1 Å². The summed E-state index contributed by atoms with van der Waals surface area (Å²) < 4.78 is 15.2. The van der Waals surface area contributed by atoms with E-state index in [9.17, 15) is 4.79 Å². The number of ether oxygens (including phenoxy) is 3. The number of carbonyl (C=O) groups excluding carboxylic acids is 1. The van der Waals surface area contributed by atoms with E-state index in [2.05, 4.69) is 0 Å². The van der Waals surface area contributed by atoms with E-state index in [-0.39, 0.29) is 5.57 Å². The Hall–Kier alpha value is -1.54. The molecule has 5 heteroatoms. The third-order valence-electron chi connectivity index (χ3n) is 1.91. The van der Waals surface area contributed by atoms with Crippen LogP contribution in [0.3, 0.4) is 0 Å². The molecular formula is C12H19NO4. The third-order valence-corrected chi connectivity index (χ3v) is 1.91. The highest BCUT2D eigenvalue weighted by atomic mass is 16.7. The predicted octanol–water partition coefficient (Wildman–Crippen LogP) is 2.14. The zero-order chi connectivity index (χ0) is 13.3. The molecule has 0 aliphatic carbocycles.